The Bertz CT molecular complexity index is 818. The fourth-order valence-corrected chi connectivity index (χ4v) is 2.66. The van der Waals surface area contributed by atoms with Gasteiger partial charge in [-0.1, -0.05) is 95.5 Å². The van der Waals surface area contributed by atoms with Crippen LogP contribution in [0, 0.1) is 0 Å². The van der Waals surface area contributed by atoms with Gasteiger partial charge < -0.3 is 4.74 Å². The van der Waals surface area contributed by atoms with Crippen LogP contribution >= 0.6 is 34.8 Å². The molecule has 0 unspecified atom stereocenters. The van der Waals surface area contributed by atoms with E-state index in [-0.39, 0.29) is 6.61 Å². The first kappa shape index (κ1) is 18.6. The van der Waals surface area contributed by atoms with Crippen LogP contribution in [0.2, 0.25) is 0 Å². The maximum absolute atomic E-state index is 12.2. The van der Waals surface area contributed by atoms with Crippen molar-refractivity contribution in [3.05, 3.63) is 72.8 Å². The summed E-state index contributed by atoms with van der Waals surface area (Å²) in [5.74, 6) is 0. The third kappa shape index (κ3) is 4.73. The van der Waals surface area contributed by atoms with Crippen LogP contribution in [0.3, 0.4) is 0 Å². The van der Waals surface area contributed by atoms with E-state index in [9.17, 15) is 4.79 Å². The first-order valence-corrected chi connectivity index (χ1v) is 8.90. The average molecular weight is 410 g/mol. The number of amides is 1. The molecule has 26 heavy (non-hydrogen) atoms. The van der Waals surface area contributed by atoms with Gasteiger partial charge in [-0.25, -0.2) is 14.9 Å². The number of carbonyl (C=O) groups excluding carboxylic acids is 1. The van der Waals surface area contributed by atoms with Crippen LogP contribution in [0.15, 0.2) is 72.8 Å². The van der Waals surface area contributed by atoms with Crippen molar-refractivity contribution in [2.24, 2.45) is 0 Å². The number of nitrogens with zero attached hydrogens (tertiary/aromatic N) is 1. The van der Waals surface area contributed by atoms with E-state index in [1.165, 1.54) is 0 Å². The molecular formula is C19H15Cl3N2O2. The number of benzene rings is 2. The van der Waals surface area contributed by atoms with Crippen molar-refractivity contribution in [3.63, 3.8) is 0 Å². The largest absolute Gasteiger partial charge is 0.444 e. The van der Waals surface area contributed by atoms with Crippen LogP contribution in [-0.2, 0) is 4.74 Å². The topological polar surface area (TPSA) is 43.3 Å². The lowest BCUT2D eigenvalue weighted by atomic mass is 10.2. The molecule has 0 aliphatic heterocycles. The highest BCUT2D eigenvalue weighted by atomic mass is 35.6. The Kier molecular flexibility index (Phi) is 5.77. The number of alkyl halides is 3. The Morgan fingerprint density at radius 1 is 0.846 bits per heavy atom. The van der Waals surface area contributed by atoms with E-state index >= 15 is 0 Å². The summed E-state index contributed by atoms with van der Waals surface area (Å²) < 4.78 is 4.98. The Labute approximate surface area is 166 Å². The number of nitrogens with one attached hydrogen (secondary N) is 1. The van der Waals surface area contributed by atoms with Gasteiger partial charge >= 0.3 is 6.09 Å². The first-order chi connectivity index (χ1) is 12.4. The molecule has 7 heteroatoms. The van der Waals surface area contributed by atoms with E-state index < -0.39 is 9.89 Å². The SMILES string of the molecule is O=C(Nn1c(-c2ccccc2)ccc1-c1ccccc1)OCC(Cl)(Cl)Cl. The van der Waals surface area contributed by atoms with Crippen molar-refractivity contribution in [1.82, 2.24) is 4.68 Å². The van der Waals surface area contributed by atoms with Crippen molar-refractivity contribution in [1.29, 1.82) is 0 Å². The normalized spacial score (nSPS) is 11.2. The fourth-order valence-electron chi connectivity index (χ4n) is 2.50. The van der Waals surface area contributed by atoms with E-state index in [0.29, 0.717) is 0 Å². The summed E-state index contributed by atoms with van der Waals surface area (Å²) >= 11 is 16.9. The zero-order valence-electron chi connectivity index (χ0n) is 13.5. The lowest BCUT2D eigenvalue weighted by Crippen LogP contribution is -2.28. The second-order valence-corrected chi connectivity index (χ2v) is 7.99. The second kappa shape index (κ2) is 8.04. The number of halogens is 3. The number of hydrogen-bond donors (Lipinski definition) is 1. The van der Waals surface area contributed by atoms with Crippen LogP contribution in [-0.4, -0.2) is 21.2 Å². The van der Waals surface area contributed by atoms with Gasteiger partial charge in [0.1, 0.15) is 6.61 Å². The number of rotatable bonds is 4. The Balaban J connectivity index is 1.95. The van der Waals surface area contributed by atoms with Crippen LogP contribution in [0.5, 0.6) is 0 Å². The van der Waals surface area contributed by atoms with E-state index in [2.05, 4.69) is 5.43 Å². The van der Waals surface area contributed by atoms with Crippen LogP contribution in [0.4, 0.5) is 4.79 Å². The summed E-state index contributed by atoms with van der Waals surface area (Å²) in [5.41, 5.74) is 6.19. The van der Waals surface area contributed by atoms with Crippen LogP contribution in [0.1, 0.15) is 0 Å². The average Bonchev–Trinajstić information content (AvgIpc) is 3.04. The summed E-state index contributed by atoms with van der Waals surface area (Å²) in [4.78, 5) is 12.2. The number of ether oxygens (including phenoxy) is 1. The predicted molar refractivity (Wildman–Crippen MR) is 106 cm³/mol. The van der Waals surface area contributed by atoms with Gasteiger partial charge in [0, 0.05) is 11.1 Å². The monoisotopic (exact) mass is 408 g/mol. The molecule has 1 aromatic heterocycles. The molecule has 1 amide bonds. The van der Waals surface area contributed by atoms with Crippen LogP contribution in [0.25, 0.3) is 22.5 Å². The van der Waals surface area contributed by atoms with Gasteiger partial charge in [0.05, 0.1) is 11.4 Å². The standard InChI is InChI=1S/C19H15Cl3N2O2/c20-19(21,22)13-26-18(25)23-24-16(14-7-3-1-4-8-14)11-12-17(24)15-9-5-2-6-10-15/h1-12H,13H2,(H,23,25). The molecule has 0 aliphatic rings. The Morgan fingerprint density at radius 2 is 1.31 bits per heavy atom. The minimum atomic E-state index is -1.67. The van der Waals surface area contributed by atoms with Gasteiger partial charge in [0.25, 0.3) is 0 Å². The maximum Gasteiger partial charge on any atom is 0.426 e. The molecule has 3 rings (SSSR count). The molecule has 0 aliphatic carbocycles. The molecule has 1 heterocycles. The Morgan fingerprint density at radius 3 is 1.73 bits per heavy atom. The van der Waals surface area contributed by atoms with Gasteiger partial charge in [-0.3, -0.25) is 0 Å². The van der Waals surface area contributed by atoms with Gasteiger partial charge in [-0.05, 0) is 12.1 Å². The quantitative estimate of drug-likeness (QED) is 0.547. The molecule has 3 aromatic rings. The zero-order valence-corrected chi connectivity index (χ0v) is 15.8. The van der Waals surface area contributed by atoms with Crippen molar-refractivity contribution in [2.75, 3.05) is 12.0 Å². The molecule has 0 atom stereocenters. The molecular weight excluding hydrogens is 395 g/mol. The van der Waals surface area contributed by atoms with Crippen LogP contribution < -0.4 is 5.43 Å². The van der Waals surface area contributed by atoms with Gasteiger partial charge in [-0.2, -0.15) is 0 Å². The summed E-state index contributed by atoms with van der Waals surface area (Å²) in [6, 6.07) is 23.2. The Hall–Kier alpha value is -2.14. The summed E-state index contributed by atoms with van der Waals surface area (Å²) in [6.07, 6.45) is -0.720. The third-order valence-corrected chi connectivity index (χ3v) is 3.92. The first-order valence-electron chi connectivity index (χ1n) is 7.77. The van der Waals surface area contributed by atoms with E-state index in [4.69, 9.17) is 39.5 Å². The van der Waals surface area contributed by atoms with Gasteiger partial charge in [0.15, 0.2) is 0 Å². The molecule has 134 valence electrons. The molecule has 0 bridgehead atoms. The van der Waals surface area contributed by atoms with E-state index in [1.54, 1.807) is 4.68 Å². The maximum atomic E-state index is 12.2. The van der Waals surface area contributed by atoms with Crippen molar-refractivity contribution < 1.29 is 9.53 Å². The molecule has 1 N–H and O–H groups in total. The smallest absolute Gasteiger partial charge is 0.426 e. The predicted octanol–water partition coefficient (Wildman–Crippen LogP) is 5.87. The fraction of sp³-hybridized carbons (Fsp3) is 0.105. The summed E-state index contributed by atoms with van der Waals surface area (Å²) in [7, 11) is 0. The minimum Gasteiger partial charge on any atom is -0.444 e. The number of carbonyl (C=O) groups is 1. The van der Waals surface area contributed by atoms with E-state index in [1.807, 2.05) is 72.8 Å². The summed E-state index contributed by atoms with van der Waals surface area (Å²) in [5, 5.41) is 0. The summed E-state index contributed by atoms with van der Waals surface area (Å²) in [6.45, 7) is -0.355. The van der Waals surface area contributed by atoms with E-state index in [0.717, 1.165) is 22.5 Å². The van der Waals surface area contributed by atoms with Crippen molar-refractivity contribution >= 4 is 40.9 Å². The highest BCUT2D eigenvalue weighted by Gasteiger charge is 2.23. The molecule has 0 fully saturated rings. The molecule has 0 spiro atoms. The molecule has 2 aromatic carbocycles. The zero-order chi connectivity index (χ0) is 18.6. The lowest BCUT2D eigenvalue weighted by molar-refractivity contribution is 0.160. The highest BCUT2D eigenvalue weighted by molar-refractivity contribution is 6.67. The molecule has 0 saturated heterocycles. The number of hydrogen-bond acceptors (Lipinski definition) is 2. The van der Waals surface area contributed by atoms with Gasteiger partial charge in [0.2, 0.25) is 3.79 Å². The third-order valence-electron chi connectivity index (χ3n) is 3.59. The second-order valence-electron chi connectivity index (χ2n) is 5.47. The molecule has 0 radical (unpaired) electrons. The van der Waals surface area contributed by atoms with Gasteiger partial charge in [-0.15, -0.1) is 0 Å². The molecule has 4 nitrogen and oxygen atoms in total. The lowest BCUT2D eigenvalue weighted by Gasteiger charge is -2.17. The van der Waals surface area contributed by atoms with Crippen molar-refractivity contribution in [2.45, 2.75) is 3.79 Å². The highest BCUT2D eigenvalue weighted by Crippen LogP contribution is 2.28. The molecule has 0 saturated carbocycles. The minimum absolute atomic E-state index is 0.355. The van der Waals surface area contributed by atoms with Crippen molar-refractivity contribution in [3.8, 4) is 22.5 Å². The number of aromatic nitrogens is 1.